The van der Waals surface area contributed by atoms with E-state index in [1.165, 1.54) is 0 Å². The highest BCUT2D eigenvalue weighted by Gasteiger charge is 2.35. The number of likely N-dealkylation sites (tertiary alicyclic amines) is 1. The van der Waals surface area contributed by atoms with Gasteiger partial charge in [-0.05, 0) is 45.6 Å². The molecule has 1 aliphatic carbocycles. The number of aromatic nitrogens is 2. The van der Waals surface area contributed by atoms with Crippen LogP contribution in [0.3, 0.4) is 0 Å². The summed E-state index contributed by atoms with van der Waals surface area (Å²) in [5.41, 5.74) is 0.832. The van der Waals surface area contributed by atoms with Crippen molar-refractivity contribution in [3.63, 3.8) is 0 Å². The molecule has 3 rings (SSSR count). The molecule has 8 nitrogen and oxygen atoms in total. The van der Waals surface area contributed by atoms with E-state index in [9.17, 15) is 13.2 Å². The first-order chi connectivity index (χ1) is 14.5. The van der Waals surface area contributed by atoms with Crippen LogP contribution in [0.2, 0.25) is 0 Å². The number of esters is 1. The Labute approximate surface area is 179 Å². The summed E-state index contributed by atoms with van der Waals surface area (Å²) >= 11 is 0. The fourth-order valence-electron chi connectivity index (χ4n) is 4.59. The summed E-state index contributed by atoms with van der Waals surface area (Å²) in [5.74, 6) is -0.193. The molecule has 2 heterocycles. The Morgan fingerprint density at radius 2 is 1.93 bits per heavy atom. The van der Waals surface area contributed by atoms with Crippen LogP contribution in [0, 0.1) is 0 Å². The second-order valence-corrected chi connectivity index (χ2v) is 10.3. The van der Waals surface area contributed by atoms with Crippen molar-refractivity contribution in [2.75, 3.05) is 26.9 Å². The molecule has 1 saturated heterocycles. The third kappa shape index (κ3) is 5.23. The van der Waals surface area contributed by atoms with Crippen molar-refractivity contribution in [2.24, 2.45) is 0 Å². The number of ether oxygens (including phenoxy) is 2. The molecule has 0 radical (unpaired) electrons. The van der Waals surface area contributed by atoms with Gasteiger partial charge in [-0.2, -0.15) is 0 Å². The Bertz CT molecular complexity index is 802. The zero-order chi connectivity index (χ0) is 21.6. The number of imidazole rings is 1. The summed E-state index contributed by atoms with van der Waals surface area (Å²) in [6, 6.07) is -0.282. The smallest absolute Gasteiger partial charge is 0.323 e. The summed E-state index contributed by atoms with van der Waals surface area (Å²) in [6.45, 7) is 4.54. The van der Waals surface area contributed by atoms with Gasteiger partial charge in [0, 0.05) is 26.8 Å². The summed E-state index contributed by atoms with van der Waals surface area (Å²) < 4.78 is 38.8. The van der Waals surface area contributed by atoms with Crippen LogP contribution in [0.5, 0.6) is 0 Å². The molecule has 0 spiro atoms. The molecule has 1 aromatic rings. The molecule has 1 unspecified atom stereocenters. The summed E-state index contributed by atoms with van der Waals surface area (Å²) in [7, 11) is -1.82. The molecular weight excluding hydrogens is 406 g/mol. The normalized spacial score (nSPS) is 21.2. The summed E-state index contributed by atoms with van der Waals surface area (Å²) in [4.78, 5) is 18.9. The number of nitrogens with zero attached hydrogens (tertiary/aromatic N) is 3. The Hall–Kier alpha value is -1.45. The van der Waals surface area contributed by atoms with Crippen LogP contribution in [0.4, 0.5) is 0 Å². The minimum atomic E-state index is -3.46. The average molecular weight is 442 g/mol. The third-order valence-electron chi connectivity index (χ3n) is 6.16. The van der Waals surface area contributed by atoms with Crippen molar-refractivity contribution in [3.8, 4) is 0 Å². The van der Waals surface area contributed by atoms with Crippen LogP contribution in [0.1, 0.15) is 64.0 Å². The van der Waals surface area contributed by atoms with Crippen molar-refractivity contribution < 1.29 is 22.7 Å². The maximum atomic E-state index is 13.2. The molecule has 0 N–H and O–H groups in total. The van der Waals surface area contributed by atoms with Gasteiger partial charge in [-0.25, -0.2) is 13.4 Å². The van der Waals surface area contributed by atoms with E-state index >= 15 is 0 Å². The molecule has 1 atom stereocenters. The van der Waals surface area contributed by atoms with Gasteiger partial charge in [-0.1, -0.05) is 19.3 Å². The monoisotopic (exact) mass is 441 g/mol. The number of sulfone groups is 1. The molecule has 2 aliphatic rings. The number of hydrogen-bond donors (Lipinski definition) is 0. The Kier molecular flexibility index (Phi) is 8.30. The van der Waals surface area contributed by atoms with Gasteiger partial charge in [0.05, 0.1) is 23.7 Å². The van der Waals surface area contributed by atoms with Crippen LogP contribution >= 0.6 is 0 Å². The molecule has 0 amide bonds. The first kappa shape index (κ1) is 23.2. The SMILES string of the molecule is CCOC(=O)C1CCCCN1Cc1cnc(S(=O)(=O)C2CCCC2)n1CCCOC. The highest BCUT2D eigenvalue weighted by atomic mass is 32.2. The van der Waals surface area contributed by atoms with E-state index < -0.39 is 9.84 Å². The van der Waals surface area contributed by atoms with Crippen LogP contribution < -0.4 is 0 Å². The second-order valence-electron chi connectivity index (χ2n) is 8.22. The predicted octanol–water partition coefficient (Wildman–Crippen LogP) is 2.55. The average Bonchev–Trinajstić information content (AvgIpc) is 3.40. The Morgan fingerprint density at radius 3 is 2.63 bits per heavy atom. The Balaban J connectivity index is 1.86. The molecular formula is C21H35N3O5S. The Morgan fingerprint density at radius 1 is 1.20 bits per heavy atom. The van der Waals surface area contributed by atoms with E-state index in [0.717, 1.165) is 44.3 Å². The van der Waals surface area contributed by atoms with E-state index in [1.54, 1.807) is 13.3 Å². The number of carbonyl (C=O) groups excluding carboxylic acids is 1. The molecule has 9 heteroatoms. The van der Waals surface area contributed by atoms with E-state index in [-0.39, 0.29) is 22.4 Å². The van der Waals surface area contributed by atoms with Gasteiger partial charge in [-0.15, -0.1) is 0 Å². The molecule has 30 heavy (non-hydrogen) atoms. The largest absolute Gasteiger partial charge is 0.465 e. The zero-order valence-corrected chi connectivity index (χ0v) is 19.0. The van der Waals surface area contributed by atoms with Gasteiger partial charge in [0.2, 0.25) is 15.0 Å². The fourth-order valence-corrected chi connectivity index (χ4v) is 6.56. The van der Waals surface area contributed by atoms with Crippen molar-refractivity contribution in [3.05, 3.63) is 11.9 Å². The predicted molar refractivity (Wildman–Crippen MR) is 113 cm³/mol. The van der Waals surface area contributed by atoms with E-state index in [4.69, 9.17) is 9.47 Å². The van der Waals surface area contributed by atoms with E-state index in [2.05, 4.69) is 9.88 Å². The molecule has 170 valence electrons. The van der Waals surface area contributed by atoms with Crippen molar-refractivity contribution in [1.29, 1.82) is 0 Å². The van der Waals surface area contributed by atoms with Gasteiger partial charge in [-0.3, -0.25) is 9.69 Å². The third-order valence-corrected chi connectivity index (χ3v) is 8.35. The molecule has 0 bridgehead atoms. The zero-order valence-electron chi connectivity index (χ0n) is 18.2. The van der Waals surface area contributed by atoms with Crippen molar-refractivity contribution in [2.45, 2.75) is 87.8 Å². The van der Waals surface area contributed by atoms with Crippen molar-refractivity contribution >= 4 is 15.8 Å². The van der Waals surface area contributed by atoms with Crippen LogP contribution in [0.15, 0.2) is 11.4 Å². The minimum absolute atomic E-state index is 0.171. The molecule has 1 aliphatic heterocycles. The highest BCUT2D eigenvalue weighted by Crippen LogP contribution is 2.30. The lowest BCUT2D eigenvalue weighted by Gasteiger charge is -2.34. The maximum Gasteiger partial charge on any atom is 0.323 e. The van der Waals surface area contributed by atoms with Crippen LogP contribution in [0.25, 0.3) is 0 Å². The molecule has 2 fully saturated rings. The second kappa shape index (κ2) is 10.7. The number of piperidine rings is 1. The first-order valence-electron chi connectivity index (χ1n) is 11.2. The lowest BCUT2D eigenvalue weighted by Crippen LogP contribution is -2.45. The summed E-state index contributed by atoms with van der Waals surface area (Å²) in [5, 5.41) is -0.165. The van der Waals surface area contributed by atoms with E-state index in [0.29, 0.717) is 45.6 Å². The van der Waals surface area contributed by atoms with Crippen molar-refractivity contribution in [1.82, 2.24) is 14.5 Å². The van der Waals surface area contributed by atoms with E-state index in [1.807, 2.05) is 11.5 Å². The number of rotatable bonds is 10. The van der Waals surface area contributed by atoms with Gasteiger partial charge in [0.1, 0.15) is 6.04 Å². The van der Waals surface area contributed by atoms with Gasteiger partial charge >= 0.3 is 5.97 Å². The quantitative estimate of drug-likeness (QED) is 0.407. The van der Waals surface area contributed by atoms with Gasteiger partial charge in [0.25, 0.3) is 0 Å². The van der Waals surface area contributed by atoms with Crippen LogP contribution in [-0.2, 0) is 37.2 Å². The summed E-state index contributed by atoms with van der Waals surface area (Å²) in [6.07, 6.45) is 8.48. The highest BCUT2D eigenvalue weighted by molar-refractivity contribution is 7.91. The van der Waals surface area contributed by atoms with Crippen LogP contribution in [-0.4, -0.2) is 67.0 Å². The molecule has 1 saturated carbocycles. The number of hydrogen-bond acceptors (Lipinski definition) is 7. The lowest BCUT2D eigenvalue weighted by molar-refractivity contribution is -0.151. The standard InChI is InChI=1S/C21H35N3O5S/c1-3-29-20(25)19-11-6-7-12-23(19)16-17-15-22-21(24(17)13-8-14-28-2)30(26,27)18-9-4-5-10-18/h15,18-19H,3-14,16H2,1-2H3. The van der Waals surface area contributed by atoms with Gasteiger partial charge < -0.3 is 14.0 Å². The topological polar surface area (TPSA) is 90.7 Å². The van der Waals surface area contributed by atoms with Gasteiger partial charge in [0.15, 0.2) is 0 Å². The molecule has 0 aromatic carbocycles. The minimum Gasteiger partial charge on any atom is -0.465 e. The number of methoxy groups -OCH3 is 1. The maximum absolute atomic E-state index is 13.2. The fraction of sp³-hybridized carbons (Fsp3) is 0.810. The molecule has 1 aromatic heterocycles. The lowest BCUT2D eigenvalue weighted by atomic mass is 10.0. The first-order valence-corrected chi connectivity index (χ1v) is 12.7. The number of carbonyl (C=O) groups is 1.